The van der Waals surface area contributed by atoms with Crippen LogP contribution in [0.25, 0.3) is 0 Å². The van der Waals surface area contributed by atoms with Gasteiger partial charge in [0.1, 0.15) is 11.7 Å². The lowest BCUT2D eigenvalue weighted by molar-refractivity contribution is -0.192. The Morgan fingerprint density at radius 2 is 2.12 bits per heavy atom. The van der Waals surface area contributed by atoms with E-state index >= 15 is 0 Å². The lowest BCUT2D eigenvalue weighted by atomic mass is 9.98. The van der Waals surface area contributed by atoms with Crippen LogP contribution in [0.1, 0.15) is 0 Å². The molecule has 0 spiro atoms. The standard InChI is InChI=1S/C16H21N7O8S3/c1-22-15(19-20-21-22)33-3-7-6-34(30)14-16(31-2,13(29)23(14)10(7)12(27)28)18-9(24)5-32-4-8(17)11(25)26/h8,14H,3-6,17H2,1-2H3,(H,18,24)(H,25,26)(H,27,28)/t8-,14-,16+,34?/m0/s1. The fraction of sp³-hybridized carbons (Fsp3) is 0.562. The number of fused-ring (bicyclic) bond motifs is 1. The van der Waals surface area contributed by atoms with Gasteiger partial charge < -0.3 is 26.0 Å². The third kappa shape index (κ3) is 4.81. The topological polar surface area (TPSA) is 220 Å². The van der Waals surface area contributed by atoms with Crippen LogP contribution in [-0.2, 0) is 41.8 Å². The van der Waals surface area contributed by atoms with E-state index in [-0.39, 0.29) is 34.3 Å². The molecule has 2 amide bonds. The second kappa shape index (κ2) is 10.4. The Balaban J connectivity index is 1.77. The Labute approximate surface area is 203 Å². The molecule has 5 N–H and O–H groups in total. The normalized spacial score (nSPS) is 24.9. The van der Waals surface area contributed by atoms with Crippen LogP contribution in [0.15, 0.2) is 16.4 Å². The predicted molar refractivity (Wildman–Crippen MR) is 119 cm³/mol. The second-order valence-corrected chi connectivity index (χ2v) is 10.6. The van der Waals surface area contributed by atoms with Crippen molar-refractivity contribution in [3.8, 4) is 0 Å². The van der Waals surface area contributed by atoms with Crippen LogP contribution in [0.2, 0.25) is 0 Å². The van der Waals surface area contributed by atoms with Crippen LogP contribution in [0.5, 0.6) is 0 Å². The average molecular weight is 536 g/mol. The van der Waals surface area contributed by atoms with E-state index in [2.05, 4.69) is 20.8 Å². The molecule has 1 unspecified atom stereocenters. The third-order valence-corrected chi connectivity index (χ3v) is 8.75. The molecule has 0 radical (unpaired) electrons. The quantitative estimate of drug-likeness (QED) is 0.128. The van der Waals surface area contributed by atoms with Gasteiger partial charge in [0.2, 0.25) is 11.1 Å². The molecule has 34 heavy (non-hydrogen) atoms. The van der Waals surface area contributed by atoms with Crippen molar-refractivity contribution in [3.05, 3.63) is 11.3 Å². The number of aromatic nitrogens is 4. The van der Waals surface area contributed by atoms with Gasteiger partial charge in [-0.05, 0) is 16.0 Å². The number of thioether (sulfide) groups is 2. The summed E-state index contributed by atoms with van der Waals surface area (Å²) < 4.78 is 19.7. The fourth-order valence-corrected chi connectivity index (χ4v) is 6.89. The van der Waals surface area contributed by atoms with Crippen molar-refractivity contribution in [1.82, 2.24) is 30.4 Å². The summed E-state index contributed by atoms with van der Waals surface area (Å²) in [5.41, 5.74) is 3.30. The highest BCUT2D eigenvalue weighted by molar-refractivity contribution is 8.00. The SMILES string of the molecule is CO[C@]1(NC(=O)CSC[C@H](N)C(=O)O)C(=O)N2C(C(=O)O)=C(CSc3nnnn3C)CS(=O)[C@H]21. The Morgan fingerprint density at radius 3 is 2.68 bits per heavy atom. The summed E-state index contributed by atoms with van der Waals surface area (Å²) in [6.07, 6.45) is 0. The lowest BCUT2D eigenvalue weighted by Crippen LogP contribution is -2.83. The highest BCUT2D eigenvalue weighted by Gasteiger charge is 2.69. The third-order valence-electron chi connectivity index (χ3n) is 4.91. The first-order valence-corrected chi connectivity index (χ1v) is 13.0. The Kier molecular flexibility index (Phi) is 7.96. The number of aliphatic carboxylic acids is 2. The van der Waals surface area contributed by atoms with Gasteiger partial charge in [0.15, 0.2) is 5.37 Å². The number of hydrogen-bond acceptors (Lipinski definition) is 12. The first-order chi connectivity index (χ1) is 16.0. The Bertz CT molecular complexity index is 1080. The van der Waals surface area contributed by atoms with Crippen LogP contribution in [0, 0.1) is 0 Å². The van der Waals surface area contributed by atoms with Gasteiger partial charge in [-0.15, -0.1) is 16.9 Å². The molecule has 0 bridgehead atoms. The van der Waals surface area contributed by atoms with Crippen molar-refractivity contribution in [2.75, 3.05) is 30.1 Å². The minimum atomic E-state index is -2.01. The molecule has 0 aromatic carbocycles. The van der Waals surface area contributed by atoms with E-state index in [1.54, 1.807) is 7.05 Å². The van der Waals surface area contributed by atoms with Crippen molar-refractivity contribution < 1.29 is 38.3 Å². The lowest BCUT2D eigenvalue weighted by Gasteiger charge is -2.55. The number of tetrazole rings is 1. The second-order valence-electron chi connectivity index (χ2n) is 7.13. The molecule has 4 atom stereocenters. The molecule has 1 saturated heterocycles. The Morgan fingerprint density at radius 1 is 1.41 bits per heavy atom. The van der Waals surface area contributed by atoms with Crippen LogP contribution >= 0.6 is 23.5 Å². The number of ether oxygens (including phenoxy) is 1. The first kappa shape index (κ1) is 26.1. The summed E-state index contributed by atoms with van der Waals surface area (Å²) in [6.45, 7) is 0. The van der Waals surface area contributed by atoms with Gasteiger partial charge in [-0.25, -0.2) is 9.48 Å². The van der Waals surface area contributed by atoms with E-state index < -0.39 is 51.7 Å². The van der Waals surface area contributed by atoms with E-state index in [9.17, 15) is 28.5 Å². The number of carbonyl (C=O) groups is 4. The summed E-state index contributed by atoms with van der Waals surface area (Å²) in [5, 5.41) is 31.1. The zero-order chi connectivity index (χ0) is 25.2. The number of amides is 2. The Hall–Kier alpha value is -2.54. The van der Waals surface area contributed by atoms with Crippen molar-refractivity contribution >= 4 is 58.1 Å². The maximum Gasteiger partial charge on any atom is 0.352 e. The summed E-state index contributed by atoms with van der Waals surface area (Å²) >= 11 is 2.05. The number of nitrogens with one attached hydrogen (secondary N) is 1. The molecular weight excluding hydrogens is 514 g/mol. The van der Waals surface area contributed by atoms with Gasteiger partial charge >= 0.3 is 11.9 Å². The number of hydrogen-bond donors (Lipinski definition) is 4. The molecule has 0 aliphatic carbocycles. The van der Waals surface area contributed by atoms with Crippen LogP contribution in [0.3, 0.4) is 0 Å². The van der Waals surface area contributed by atoms with E-state index in [1.165, 1.54) is 4.68 Å². The molecule has 2 aliphatic heterocycles. The number of rotatable bonds is 11. The monoisotopic (exact) mass is 535 g/mol. The van der Waals surface area contributed by atoms with Gasteiger partial charge in [-0.2, -0.15) is 0 Å². The molecule has 18 heteroatoms. The van der Waals surface area contributed by atoms with E-state index in [0.29, 0.717) is 5.16 Å². The van der Waals surface area contributed by atoms with Crippen molar-refractivity contribution in [3.63, 3.8) is 0 Å². The van der Waals surface area contributed by atoms with Crippen LogP contribution in [-0.4, -0.2) is 111 Å². The van der Waals surface area contributed by atoms with Crippen LogP contribution < -0.4 is 11.1 Å². The fourth-order valence-electron chi connectivity index (χ4n) is 3.32. The molecule has 1 aromatic heterocycles. The van der Waals surface area contributed by atoms with Crippen molar-refractivity contribution in [1.29, 1.82) is 0 Å². The predicted octanol–water partition coefficient (Wildman–Crippen LogP) is -2.82. The van der Waals surface area contributed by atoms with Crippen molar-refractivity contribution in [2.45, 2.75) is 22.3 Å². The maximum absolute atomic E-state index is 13.1. The summed E-state index contributed by atoms with van der Waals surface area (Å²) in [7, 11) is 0.932. The zero-order valence-corrected chi connectivity index (χ0v) is 20.3. The largest absolute Gasteiger partial charge is 0.480 e. The number of nitrogens with zero attached hydrogens (tertiary/aromatic N) is 5. The van der Waals surface area contributed by atoms with Crippen molar-refractivity contribution in [2.24, 2.45) is 12.8 Å². The van der Waals surface area contributed by atoms with Gasteiger partial charge in [0.25, 0.3) is 11.6 Å². The molecule has 0 saturated carbocycles. The maximum atomic E-state index is 13.1. The van der Waals surface area contributed by atoms with Crippen LogP contribution in [0.4, 0.5) is 0 Å². The molecule has 1 fully saturated rings. The smallest absolute Gasteiger partial charge is 0.352 e. The number of carboxylic acids is 2. The molecule has 2 aliphatic rings. The molecule has 3 heterocycles. The summed E-state index contributed by atoms with van der Waals surface area (Å²) in [4.78, 5) is 49.1. The van der Waals surface area contributed by atoms with Gasteiger partial charge in [-0.3, -0.25) is 23.5 Å². The molecule has 3 rings (SSSR count). The van der Waals surface area contributed by atoms with Gasteiger partial charge in [0, 0.05) is 25.7 Å². The number of nitrogens with two attached hydrogens (primary N) is 1. The molecular formula is C16H21N7O8S3. The highest BCUT2D eigenvalue weighted by Crippen LogP contribution is 2.42. The highest BCUT2D eigenvalue weighted by atomic mass is 32.2. The number of β-lactam (4-membered cyclic amide) rings is 1. The number of methoxy groups -OCH3 is 1. The molecule has 186 valence electrons. The number of aryl methyl sites for hydroxylation is 1. The summed E-state index contributed by atoms with van der Waals surface area (Å²) in [6, 6.07) is -1.17. The van der Waals surface area contributed by atoms with E-state index in [4.69, 9.17) is 15.6 Å². The zero-order valence-electron chi connectivity index (χ0n) is 17.9. The van der Waals surface area contributed by atoms with Gasteiger partial charge in [0.05, 0.1) is 22.3 Å². The number of carbonyl (C=O) groups excluding carboxylic acids is 2. The average Bonchev–Trinajstić information content (AvgIpc) is 3.19. The van der Waals surface area contributed by atoms with E-state index in [0.717, 1.165) is 35.5 Å². The number of carboxylic acid groups (broad SMARTS) is 2. The summed E-state index contributed by atoms with van der Waals surface area (Å²) in [5.74, 6) is -4.57. The van der Waals surface area contributed by atoms with Gasteiger partial charge in [-0.1, -0.05) is 11.8 Å². The molecule has 15 nitrogen and oxygen atoms in total. The minimum Gasteiger partial charge on any atom is -0.480 e. The molecule has 1 aromatic rings. The minimum absolute atomic E-state index is 0.0495. The van der Waals surface area contributed by atoms with E-state index in [1.807, 2.05) is 0 Å². The first-order valence-electron chi connectivity index (χ1n) is 9.47.